The average molecular weight is 321 g/mol. The Morgan fingerprint density at radius 2 is 1.70 bits per heavy atom. The lowest BCUT2D eigenvalue weighted by molar-refractivity contribution is -0.127. The molecule has 1 saturated heterocycles. The third-order valence-electron chi connectivity index (χ3n) is 3.56. The molecular weight excluding hydrogens is 298 g/mol. The molecule has 1 fully saturated rings. The van der Waals surface area contributed by atoms with Crippen LogP contribution in [0.5, 0.6) is 0 Å². The lowest BCUT2D eigenvalue weighted by Crippen LogP contribution is -2.53. The van der Waals surface area contributed by atoms with Crippen LogP contribution in [0.3, 0.4) is 0 Å². The van der Waals surface area contributed by atoms with Crippen LogP contribution in [-0.2, 0) is 14.3 Å². The maximum absolute atomic E-state index is 12.4. The molecule has 126 valence electrons. The molecule has 2 rings (SSSR count). The summed E-state index contributed by atoms with van der Waals surface area (Å²) in [7, 11) is 0. The minimum absolute atomic E-state index is 0.00396. The van der Waals surface area contributed by atoms with Crippen molar-refractivity contribution in [3.63, 3.8) is 0 Å². The quantitative estimate of drug-likeness (QED) is 0.731. The maximum Gasteiger partial charge on any atom is 0.410 e. The highest BCUT2D eigenvalue weighted by molar-refractivity contribution is 6.66. The summed E-state index contributed by atoms with van der Waals surface area (Å²) in [5.74, 6) is -0.610. The summed E-state index contributed by atoms with van der Waals surface area (Å²) in [4.78, 5) is 43.5. The lowest BCUT2D eigenvalue weighted by Gasteiger charge is -2.35. The van der Waals surface area contributed by atoms with E-state index in [1.165, 1.54) is 0 Å². The number of carbonyl (C=O) groups excluding carboxylic acids is 3. The minimum Gasteiger partial charge on any atom is -0.444 e. The summed E-state index contributed by atoms with van der Waals surface area (Å²) in [6, 6.07) is 0. The first-order chi connectivity index (χ1) is 10.7. The van der Waals surface area contributed by atoms with Gasteiger partial charge in [0.1, 0.15) is 5.60 Å². The van der Waals surface area contributed by atoms with Crippen molar-refractivity contribution in [2.45, 2.75) is 39.7 Å². The number of amides is 2. The highest BCUT2D eigenvalue weighted by atomic mass is 16.6. The van der Waals surface area contributed by atoms with Gasteiger partial charge in [-0.25, -0.2) is 9.79 Å². The Morgan fingerprint density at radius 3 is 2.26 bits per heavy atom. The molecule has 2 amide bonds. The first-order valence-corrected chi connectivity index (χ1v) is 7.73. The van der Waals surface area contributed by atoms with Gasteiger partial charge in [0.25, 0.3) is 5.91 Å². The van der Waals surface area contributed by atoms with Gasteiger partial charge in [-0.05, 0) is 27.7 Å². The van der Waals surface area contributed by atoms with E-state index in [9.17, 15) is 14.4 Å². The van der Waals surface area contributed by atoms with Gasteiger partial charge in [0, 0.05) is 38.3 Å². The Hall–Kier alpha value is -2.18. The van der Waals surface area contributed by atoms with Crippen molar-refractivity contribution in [2.75, 3.05) is 26.2 Å². The number of rotatable bonds is 1. The zero-order chi connectivity index (χ0) is 17.2. The van der Waals surface area contributed by atoms with Crippen LogP contribution in [0.25, 0.3) is 0 Å². The van der Waals surface area contributed by atoms with Crippen molar-refractivity contribution in [1.29, 1.82) is 0 Å². The third-order valence-corrected chi connectivity index (χ3v) is 3.56. The molecule has 0 bridgehead atoms. The number of allylic oxidation sites excluding steroid dienone is 2. The van der Waals surface area contributed by atoms with E-state index in [1.54, 1.807) is 22.8 Å². The number of carbonyl (C=O) groups is 3. The van der Waals surface area contributed by atoms with Crippen molar-refractivity contribution in [2.24, 2.45) is 4.99 Å². The Labute approximate surface area is 136 Å². The minimum atomic E-state index is -0.544. The molecule has 7 heteroatoms. The topological polar surface area (TPSA) is 79.3 Å². The van der Waals surface area contributed by atoms with Crippen molar-refractivity contribution >= 4 is 23.5 Å². The molecule has 2 aliphatic heterocycles. The molecule has 2 aliphatic rings. The van der Waals surface area contributed by atoms with E-state index in [4.69, 9.17) is 4.74 Å². The zero-order valence-electron chi connectivity index (χ0n) is 14.1. The van der Waals surface area contributed by atoms with Crippen LogP contribution >= 0.6 is 0 Å². The van der Waals surface area contributed by atoms with E-state index >= 15 is 0 Å². The lowest BCUT2D eigenvalue weighted by atomic mass is 10.1. The first kappa shape index (κ1) is 17.2. The van der Waals surface area contributed by atoms with Crippen molar-refractivity contribution in [3.05, 3.63) is 11.8 Å². The van der Waals surface area contributed by atoms with Crippen LogP contribution < -0.4 is 0 Å². The fraction of sp³-hybridized carbons (Fsp3) is 0.625. The predicted octanol–water partition coefficient (Wildman–Crippen LogP) is 1.38. The van der Waals surface area contributed by atoms with Crippen molar-refractivity contribution in [1.82, 2.24) is 9.80 Å². The van der Waals surface area contributed by atoms with Gasteiger partial charge in [-0.1, -0.05) is 6.08 Å². The third kappa shape index (κ3) is 4.40. The first-order valence-electron chi connectivity index (χ1n) is 7.73. The number of nitrogens with zero attached hydrogens (tertiary/aromatic N) is 3. The molecule has 0 aromatic rings. The van der Waals surface area contributed by atoms with Gasteiger partial charge >= 0.3 is 6.09 Å². The molecule has 0 saturated carbocycles. The van der Waals surface area contributed by atoms with Crippen LogP contribution in [-0.4, -0.2) is 65.1 Å². The predicted molar refractivity (Wildman–Crippen MR) is 85.2 cm³/mol. The second-order valence-corrected chi connectivity index (χ2v) is 6.69. The molecule has 0 aliphatic carbocycles. The van der Waals surface area contributed by atoms with E-state index in [0.717, 1.165) is 0 Å². The number of Topliss-reactive ketones (excluding diaryl/α,β-unsaturated/α-hetero) is 1. The summed E-state index contributed by atoms with van der Waals surface area (Å²) < 4.78 is 5.32. The SMILES string of the molecule is CC1=CCC(=O)C(C(=O)N2CCN(C(=O)OC(C)(C)C)CC2)=N1. The fourth-order valence-electron chi connectivity index (χ4n) is 2.36. The van der Waals surface area contributed by atoms with Gasteiger partial charge in [0.15, 0.2) is 11.5 Å². The Morgan fingerprint density at radius 1 is 1.13 bits per heavy atom. The van der Waals surface area contributed by atoms with Crippen LogP contribution in [0.2, 0.25) is 0 Å². The summed E-state index contributed by atoms with van der Waals surface area (Å²) in [5, 5.41) is 0. The molecule has 7 nitrogen and oxygen atoms in total. The van der Waals surface area contributed by atoms with Crippen LogP contribution in [0.15, 0.2) is 16.8 Å². The fourth-order valence-corrected chi connectivity index (χ4v) is 2.36. The molecule has 0 aromatic heterocycles. The normalized spacial score (nSPS) is 19.2. The highest BCUT2D eigenvalue weighted by Gasteiger charge is 2.31. The van der Waals surface area contributed by atoms with E-state index < -0.39 is 5.60 Å². The van der Waals surface area contributed by atoms with Crippen molar-refractivity contribution in [3.8, 4) is 0 Å². The summed E-state index contributed by atoms with van der Waals surface area (Å²) in [6.07, 6.45) is 1.54. The van der Waals surface area contributed by atoms with Crippen LogP contribution in [0, 0.1) is 0 Å². The van der Waals surface area contributed by atoms with Crippen LogP contribution in [0.1, 0.15) is 34.1 Å². The van der Waals surface area contributed by atoms with Crippen molar-refractivity contribution < 1.29 is 19.1 Å². The molecule has 2 heterocycles. The van der Waals surface area contributed by atoms with Gasteiger partial charge in [-0.15, -0.1) is 0 Å². The largest absolute Gasteiger partial charge is 0.444 e. The molecule has 0 atom stereocenters. The number of ketones is 1. The maximum atomic E-state index is 12.4. The number of aliphatic imine (C=N–C) groups is 1. The van der Waals surface area contributed by atoms with Gasteiger partial charge in [0.05, 0.1) is 0 Å². The van der Waals surface area contributed by atoms with Gasteiger partial charge in [-0.2, -0.15) is 0 Å². The van der Waals surface area contributed by atoms with Gasteiger partial charge in [-0.3, -0.25) is 9.59 Å². The smallest absolute Gasteiger partial charge is 0.410 e. The Balaban J connectivity index is 1.94. The zero-order valence-corrected chi connectivity index (χ0v) is 14.1. The van der Waals surface area contributed by atoms with Crippen LogP contribution in [0.4, 0.5) is 4.79 Å². The molecule has 23 heavy (non-hydrogen) atoms. The van der Waals surface area contributed by atoms with E-state index in [2.05, 4.69) is 4.99 Å². The monoisotopic (exact) mass is 321 g/mol. The second kappa shape index (κ2) is 6.52. The number of piperazine rings is 1. The van der Waals surface area contributed by atoms with E-state index in [-0.39, 0.29) is 29.9 Å². The molecular formula is C16H23N3O4. The molecule has 0 aromatic carbocycles. The highest BCUT2D eigenvalue weighted by Crippen LogP contribution is 2.14. The summed E-state index contributed by atoms with van der Waals surface area (Å²) >= 11 is 0. The van der Waals surface area contributed by atoms with Gasteiger partial charge < -0.3 is 14.5 Å². The number of hydrogen-bond acceptors (Lipinski definition) is 5. The number of ether oxygens (including phenoxy) is 1. The molecule has 0 radical (unpaired) electrons. The molecule has 0 N–H and O–H groups in total. The van der Waals surface area contributed by atoms with Gasteiger partial charge in [0.2, 0.25) is 0 Å². The summed E-state index contributed by atoms with van der Waals surface area (Å²) in [6.45, 7) is 8.71. The number of hydrogen-bond donors (Lipinski definition) is 0. The van der Waals surface area contributed by atoms with E-state index in [1.807, 2.05) is 20.8 Å². The molecule has 0 spiro atoms. The standard InChI is InChI=1S/C16H23N3O4/c1-11-5-6-12(20)13(17-11)14(21)18-7-9-19(10-8-18)15(22)23-16(2,3)4/h5H,6-10H2,1-4H3. The average Bonchev–Trinajstić information content (AvgIpc) is 2.47. The summed E-state index contributed by atoms with van der Waals surface area (Å²) in [5.41, 5.74) is 0.132. The van der Waals surface area contributed by atoms with E-state index in [0.29, 0.717) is 31.9 Å². The Kier molecular flexibility index (Phi) is 4.87. The Bertz CT molecular complexity index is 579. The second-order valence-electron chi connectivity index (χ2n) is 6.69. The molecule has 0 unspecified atom stereocenters.